The zero-order chi connectivity index (χ0) is 17.3. The highest BCUT2D eigenvalue weighted by atomic mass is 16.3. The standard InChI is InChI=1S/C20H31NO2/c1-14(12-15(2)22)13-21-18(23)20(10-11-20)17-8-6-16(7-9-17)19(3,4)5/h6-9,14-15,22H,10-13H2,1-5H3,(H,21,23). The highest BCUT2D eigenvalue weighted by molar-refractivity contribution is 5.91. The van der Waals surface area contributed by atoms with Gasteiger partial charge in [0.15, 0.2) is 0 Å². The van der Waals surface area contributed by atoms with E-state index in [-0.39, 0.29) is 28.8 Å². The van der Waals surface area contributed by atoms with Gasteiger partial charge >= 0.3 is 0 Å². The van der Waals surface area contributed by atoms with E-state index < -0.39 is 0 Å². The van der Waals surface area contributed by atoms with Gasteiger partial charge in [-0.1, -0.05) is 52.0 Å². The molecule has 3 heteroatoms. The van der Waals surface area contributed by atoms with Crippen LogP contribution in [0, 0.1) is 5.92 Å². The van der Waals surface area contributed by atoms with E-state index in [1.54, 1.807) is 6.92 Å². The van der Waals surface area contributed by atoms with Gasteiger partial charge in [0, 0.05) is 6.54 Å². The number of carbonyl (C=O) groups is 1. The van der Waals surface area contributed by atoms with Gasteiger partial charge in [0.05, 0.1) is 11.5 Å². The van der Waals surface area contributed by atoms with Crippen LogP contribution in [0.2, 0.25) is 0 Å². The molecule has 0 saturated heterocycles. The fourth-order valence-electron chi connectivity index (χ4n) is 3.16. The molecule has 1 aromatic carbocycles. The van der Waals surface area contributed by atoms with Crippen molar-refractivity contribution < 1.29 is 9.90 Å². The van der Waals surface area contributed by atoms with Crippen molar-refractivity contribution in [2.75, 3.05) is 6.54 Å². The molecular weight excluding hydrogens is 286 g/mol. The summed E-state index contributed by atoms with van der Waals surface area (Å²) in [5, 5.41) is 12.5. The maximum absolute atomic E-state index is 12.6. The molecule has 2 atom stereocenters. The third kappa shape index (κ3) is 4.35. The molecule has 0 radical (unpaired) electrons. The molecule has 2 unspecified atom stereocenters. The second kappa shape index (κ2) is 6.64. The fraction of sp³-hybridized carbons (Fsp3) is 0.650. The predicted molar refractivity (Wildman–Crippen MR) is 94.5 cm³/mol. The lowest BCUT2D eigenvalue weighted by Gasteiger charge is -2.22. The highest BCUT2D eigenvalue weighted by Crippen LogP contribution is 2.48. The molecule has 2 rings (SSSR count). The summed E-state index contributed by atoms with van der Waals surface area (Å²) >= 11 is 0. The highest BCUT2D eigenvalue weighted by Gasteiger charge is 2.51. The number of benzene rings is 1. The summed E-state index contributed by atoms with van der Waals surface area (Å²) in [4.78, 5) is 12.6. The van der Waals surface area contributed by atoms with E-state index in [1.165, 1.54) is 5.56 Å². The summed E-state index contributed by atoms with van der Waals surface area (Å²) in [5.74, 6) is 0.427. The predicted octanol–water partition coefficient (Wildman–Crippen LogP) is 3.54. The smallest absolute Gasteiger partial charge is 0.230 e. The number of nitrogens with one attached hydrogen (secondary N) is 1. The van der Waals surface area contributed by atoms with E-state index in [4.69, 9.17) is 0 Å². The third-order valence-corrected chi connectivity index (χ3v) is 4.84. The van der Waals surface area contributed by atoms with Crippen molar-refractivity contribution in [3.05, 3.63) is 35.4 Å². The maximum Gasteiger partial charge on any atom is 0.230 e. The van der Waals surface area contributed by atoms with Gasteiger partial charge in [-0.15, -0.1) is 0 Å². The molecule has 128 valence electrons. The summed E-state index contributed by atoms with van der Waals surface area (Å²) < 4.78 is 0. The van der Waals surface area contributed by atoms with Crippen LogP contribution < -0.4 is 5.32 Å². The fourth-order valence-corrected chi connectivity index (χ4v) is 3.16. The maximum atomic E-state index is 12.6. The molecule has 0 aromatic heterocycles. The lowest BCUT2D eigenvalue weighted by molar-refractivity contribution is -0.123. The summed E-state index contributed by atoms with van der Waals surface area (Å²) in [5.41, 5.74) is 2.24. The summed E-state index contributed by atoms with van der Waals surface area (Å²) in [7, 11) is 0. The van der Waals surface area contributed by atoms with Gasteiger partial charge in [0.25, 0.3) is 0 Å². The SMILES string of the molecule is CC(O)CC(C)CNC(=O)C1(c2ccc(C(C)(C)C)cc2)CC1. The number of amides is 1. The zero-order valence-corrected chi connectivity index (χ0v) is 15.1. The minimum Gasteiger partial charge on any atom is -0.393 e. The van der Waals surface area contributed by atoms with E-state index in [0.717, 1.165) is 18.4 Å². The Kier molecular flexibility index (Phi) is 5.20. The van der Waals surface area contributed by atoms with Crippen LogP contribution in [0.1, 0.15) is 65.0 Å². The molecule has 0 spiro atoms. The Hall–Kier alpha value is -1.35. The molecule has 23 heavy (non-hydrogen) atoms. The average molecular weight is 317 g/mol. The molecular formula is C20H31NO2. The van der Waals surface area contributed by atoms with Crippen molar-refractivity contribution in [1.29, 1.82) is 0 Å². The Morgan fingerprint density at radius 3 is 2.22 bits per heavy atom. The Balaban J connectivity index is 2.00. The molecule has 0 heterocycles. The van der Waals surface area contributed by atoms with E-state index in [1.807, 2.05) is 0 Å². The molecule has 1 amide bonds. The zero-order valence-electron chi connectivity index (χ0n) is 15.1. The van der Waals surface area contributed by atoms with Gasteiger partial charge in [0.1, 0.15) is 0 Å². The van der Waals surface area contributed by atoms with Crippen molar-refractivity contribution in [1.82, 2.24) is 5.32 Å². The summed E-state index contributed by atoms with van der Waals surface area (Å²) in [6, 6.07) is 8.54. The molecule has 3 nitrogen and oxygen atoms in total. The third-order valence-electron chi connectivity index (χ3n) is 4.84. The van der Waals surface area contributed by atoms with Crippen LogP contribution in [0.25, 0.3) is 0 Å². The molecule has 0 aliphatic heterocycles. The molecule has 2 N–H and O–H groups in total. The van der Waals surface area contributed by atoms with Gasteiger partial charge in [-0.25, -0.2) is 0 Å². The summed E-state index contributed by atoms with van der Waals surface area (Å²) in [6.07, 6.45) is 2.26. The molecule has 1 aromatic rings. The monoisotopic (exact) mass is 317 g/mol. The first-order chi connectivity index (χ1) is 10.6. The van der Waals surface area contributed by atoms with Crippen molar-refractivity contribution >= 4 is 5.91 Å². The van der Waals surface area contributed by atoms with Gasteiger partial charge in [-0.05, 0) is 48.6 Å². The first kappa shape index (κ1) is 18.0. The Morgan fingerprint density at radius 1 is 1.22 bits per heavy atom. The lowest BCUT2D eigenvalue weighted by atomic mass is 9.85. The van der Waals surface area contributed by atoms with E-state index in [0.29, 0.717) is 13.0 Å². The molecule has 1 saturated carbocycles. The summed E-state index contributed by atoms with van der Waals surface area (Å²) in [6.45, 7) is 11.1. The Morgan fingerprint density at radius 2 is 1.78 bits per heavy atom. The second-order valence-corrected chi connectivity index (χ2v) is 8.31. The average Bonchev–Trinajstić information content (AvgIpc) is 3.25. The van der Waals surface area contributed by atoms with Crippen LogP contribution >= 0.6 is 0 Å². The minimum atomic E-state index is -0.318. The van der Waals surface area contributed by atoms with E-state index in [2.05, 4.69) is 57.3 Å². The van der Waals surface area contributed by atoms with Crippen LogP contribution in [0.3, 0.4) is 0 Å². The molecule has 1 aliphatic rings. The first-order valence-corrected chi connectivity index (χ1v) is 8.72. The Bertz CT molecular complexity index is 536. The van der Waals surface area contributed by atoms with Crippen LogP contribution in [0.5, 0.6) is 0 Å². The quantitative estimate of drug-likeness (QED) is 0.843. The topological polar surface area (TPSA) is 49.3 Å². The normalized spacial score (nSPS) is 19.0. The van der Waals surface area contributed by atoms with Crippen molar-refractivity contribution in [3.63, 3.8) is 0 Å². The molecule has 1 aliphatic carbocycles. The number of rotatable bonds is 6. The second-order valence-electron chi connectivity index (χ2n) is 8.31. The van der Waals surface area contributed by atoms with Crippen LogP contribution in [0.15, 0.2) is 24.3 Å². The lowest BCUT2D eigenvalue weighted by Crippen LogP contribution is -2.37. The van der Waals surface area contributed by atoms with Gasteiger partial charge in [-0.3, -0.25) is 4.79 Å². The van der Waals surface area contributed by atoms with Crippen LogP contribution in [-0.4, -0.2) is 23.7 Å². The van der Waals surface area contributed by atoms with Gasteiger partial charge in [0.2, 0.25) is 5.91 Å². The van der Waals surface area contributed by atoms with E-state index >= 15 is 0 Å². The molecule has 1 fully saturated rings. The number of hydrogen-bond acceptors (Lipinski definition) is 2. The number of aliphatic hydroxyl groups excluding tert-OH is 1. The molecule has 0 bridgehead atoms. The van der Waals surface area contributed by atoms with E-state index in [9.17, 15) is 9.90 Å². The van der Waals surface area contributed by atoms with Gasteiger partial charge in [-0.2, -0.15) is 0 Å². The van der Waals surface area contributed by atoms with Crippen LogP contribution in [0.4, 0.5) is 0 Å². The Labute approximate surface area is 140 Å². The number of carbonyl (C=O) groups excluding carboxylic acids is 1. The van der Waals surface area contributed by atoms with Crippen molar-refractivity contribution in [3.8, 4) is 0 Å². The first-order valence-electron chi connectivity index (χ1n) is 8.72. The number of aliphatic hydroxyl groups is 1. The van der Waals surface area contributed by atoms with Crippen molar-refractivity contribution in [2.24, 2.45) is 5.92 Å². The van der Waals surface area contributed by atoms with Crippen LogP contribution in [-0.2, 0) is 15.6 Å². The van der Waals surface area contributed by atoms with Crippen molar-refractivity contribution in [2.45, 2.75) is 70.8 Å². The minimum absolute atomic E-state index is 0.133. The largest absolute Gasteiger partial charge is 0.393 e. The number of hydrogen-bond donors (Lipinski definition) is 2. The van der Waals surface area contributed by atoms with Gasteiger partial charge < -0.3 is 10.4 Å².